The van der Waals surface area contributed by atoms with Crippen LogP contribution in [0.3, 0.4) is 0 Å². The summed E-state index contributed by atoms with van der Waals surface area (Å²) in [6, 6.07) is 12.6. The maximum atomic E-state index is 11.9. The molecule has 4 rings (SSSR count). The van der Waals surface area contributed by atoms with Crippen LogP contribution in [0.5, 0.6) is 0 Å². The van der Waals surface area contributed by atoms with E-state index in [0.717, 1.165) is 33.9 Å². The van der Waals surface area contributed by atoms with Crippen molar-refractivity contribution in [1.82, 2.24) is 5.32 Å². The largest absolute Gasteiger partial charge is 0.355 e. The summed E-state index contributed by atoms with van der Waals surface area (Å²) in [7, 11) is -8.46. The Morgan fingerprint density at radius 1 is 0.957 bits per heavy atom. The molecule has 0 saturated carbocycles. The Labute approximate surface area is 276 Å². The molecule has 3 N–H and O–H groups in total. The molecule has 0 atom stereocenters. The number of carbonyl (C=O) groups excluding carboxylic acids is 1. The molecular weight excluding hydrogens is 650 g/mol. The number of fused-ring (bicyclic) bond motifs is 2. The summed E-state index contributed by atoms with van der Waals surface area (Å²) >= 11 is 5.60. The molecule has 1 amide bonds. The van der Waals surface area contributed by atoms with Gasteiger partial charge in [-0.2, -0.15) is 21.4 Å². The molecule has 0 radical (unpaired) electrons. The van der Waals surface area contributed by atoms with Crippen molar-refractivity contribution in [2.75, 3.05) is 36.2 Å². The van der Waals surface area contributed by atoms with E-state index in [1.165, 1.54) is 12.1 Å². The number of allylic oxidation sites excluding steroid dienone is 6. The van der Waals surface area contributed by atoms with Gasteiger partial charge in [0.2, 0.25) is 11.6 Å². The lowest BCUT2D eigenvalue weighted by Gasteiger charge is -2.27. The second kappa shape index (κ2) is 13.8. The maximum Gasteiger partial charge on any atom is 0.294 e. The van der Waals surface area contributed by atoms with Crippen molar-refractivity contribution in [3.05, 3.63) is 89.7 Å². The molecule has 2 aliphatic heterocycles. The Hall–Kier alpha value is -3.29. The zero-order chi connectivity index (χ0) is 33.9. The van der Waals surface area contributed by atoms with Crippen LogP contribution >= 0.6 is 11.6 Å². The average molecular weight is 691 g/mol. The zero-order valence-corrected chi connectivity index (χ0v) is 28.8. The molecule has 13 heteroatoms. The lowest BCUT2D eigenvalue weighted by atomic mass is 9.81. The number of nitrogens with zero attached hydrogens (tertiary/aromatic N) is 2. The van der Waals surface area contributed by atoms with E-state index in [-0.39, 0.29) is 34.3 Å². The fourth-order valence-electron chi connectivity index (χ4n) is 6.21. The zero-order valence-electron chi connectivity index (χ0n) is 26.4. The molecule has 0 bridgehead atoms. The Morgan fingerprint density at radius 2 is 1.67 bits per heavy atom. The van der Waals surface area contributed by atoms with Crippen LogP contribution in [0.1, 0.15) is 51.7 Å². The number of amides is 1. The van der Waals surface area contributed by atoms with Gasteiger partial charge in [0.1, 0.15) is 12.4 Å². The Bertz CT molecular complexity index is 1840. The van der Waals surface area contributed by atoms with E-state index in [1.807, 2.05) is 62.4 Å². The number of alkyl halides is 1. The van der Waals surface area contributed by atoms with Crippen LogP contribution in [0.2, 0.25) is 0 Å². The lowest BCUT2D eigenvalue weighted by molar-refractivity contribution is -0.437. The van der Waals surface area contributed by atoms with Gasteiger partial charge < -0.3 is 10.2 Å². The highest BCUT2D eigenvalue weighted by molar-refractivity contribution is 7.86. The van der Waals surface area contributed by atoms with Crippen LogP contribution in [-0.2, 0) is 35.9 Å². The highest BCUT2D eigenvalue weighted by atomic mass is 35.5. The molecule has 0 spiro atoms. The first-order valence-electron chi connectivity index (χ1n) is 15.0. The van der Waals surface area contributed by atoms with E-state index in [0.29, 0.717) is 26.1 Å². The van der Waals surface area contributed by atoms with Gasteiger partial charge in [-0.15, -0.1) is 11.6 Å². The van der Waals surface area contributed by atoms with Crippen molar-refractivity contribution in [1.29, 1.82) is 0 Å². The minimum Gasteiger partial charge on any atom is -0.355 e. The van der Waals surface area contributed by atoms with Crippen LogP contribution in [0.4, 0.5) is 11.4 Å². The minimum absolute atomic E-state index is 0.119. The van der Waals surface area contributed by atoms with Gasteiger partial charge in [-0.25, -0.2) is 0 Å². The van der Waals surface area contributed by atoms with Gasteiger partial charge in [0.05, 0.1) is 16.1 Å². The molecule has 2 aromatic rings. The quantitative estimate of drug-likeness (QED) is 0.0864. The van der Waals surface area contributed by atoms with Crippen molar-refractivity contribution in [2.24, 2.45) is 0 Å². The highest BCUT2D eigenvalue weighted by Crippen LogP contribution is 2.48. The van der Waals surface area contributed by atoms with Crippen molar-refractivity contribution in [3.8, 4) is 0 Å². The summed E-state index contributed by atoms with van der Waals surface area (Å²) in [4.78, 5) is 13.5. The predicted octanol–water partition coefficient (Wildman–Crippen LogP) is 5.13. The lowest BCUT2D eigenvalue weighted by Crippen LogP contribution is -2.31. The van der Waals surface area contributed by atoms with Crippen LogP contribution in [0, 0.1) is 0 Å². The van der Waals surface area contributed by atoms with Crippen molar-refractivity contribution in [3.63, 3.8) is 0 Å². The first-order chi connectivity index (χ1) is 21.5. The summed E-state index contributed by atoms with van der Waals surface area (Å²) in [5.74, 6) is -0.696. The normalized spacial score (nSPS) is 18.2. The second-order valence-electron chi connectivity index (χ2n) is 12.4. The summed E-state index contributed by atoms with van der Waals surface area (Å²) < 4.78 is 67.6. The van der Waals surface area contributed by atoms with Crippen LogP contribution in [-0.4, -0.2) is 73.4 Å². The first-order valence-corrected chi connectivity index (χ1v) is 18.5. The van der Waals surface area contributed by atoms with Crippen LogP contribution < -0.4 is 10.2 Å². The number of carbonyl (C=O) groups is 1. The molecule has 0 aromatic heterocycles. The molecule has 2 heterocycles. The van der Waals surface area contributed by atoms with Gasteiger partial charge in [-0.05, 0) is 50.1 Å². The van der Waals surface area contributed by atoms with Gasteiger partial charge >= 0.3 is 0 Å². The molecule has 0 fully saturated rings. The smallest absolute Gasteiger partial charge is 0.294 e. The number of hydrogen-bond acceptors (Lipinski definition) is 6. The molecule has 46 heavy (non-hydrogen) atoms. The Kier molecular flexibility index (Phi) is 10.7. The third kappa shape index (κ3) is 7.80. The Morgan fingerprint density at radius 3 is 2.35 bits per heavy atom. The van der Waals surface area contributed by atoms with Gasteiger partial charge in [0, 0.05) is 54.0 Å². The Balaban J connectivity index is 1.64. The average Bonchev–Trinajstić information content (AvgIpc) is 3.32. The monoisotopic (exact) mass is 690 g/mol. The van der Waals surface area contributed by atoms with E-state index in [4.69, 9.17) is 11.6 Å². The second-order valence-corrected chi connectivity index (χ2v) is 15.6. The summed E-state index contributed by atoms with van der Waals surface area (Å²) in [5.41, 5.74) is 4.66. The van der Waals surface area contributed by atoms with E-state index in [1.54, 1.807) is 6.07 Å². The SMILES string of the molecule is CC1(C)C(/C=C/C=C/C=C2/N(CCCNC(=O)CCl)c3ccc(S(=O)(=O)O)cc3C2(C)C)=[N+](CCCS(=O)(=O)O)c2ccccc21. The van der Waals surface area contributed by atoms with Crippen molar-refractivity contribution >= 4 is 54.8 Å². The number of halogens is 1. The fourth-order valence-corrected chi connectivity index (χ4v) is 7.31. The van der Waals surface area contributed by atoms with Gasteiger partial charge in [-0.1, -0.05) is 50.3 Å². The number of para-hydroxylation sites is 1. The molecule has 10 nitrogen and oxygen atoms in total. The molecule has 0 aliphatic carbocycles. The minimum atomic E-state index is -4.39. The van der Waals surface area contributed by atoms with E-state index >= 15 is 0 Å². The molecule has 0 saturated heterocycles. The summed E-state index contributed by atoms with van der Waals surface area (Å²) in [5, 5.41) is 2.77. The van der Waals surface area contributed by atoms with E-state index in [2.05, 4.69) is 34.7 Å². The standard InChI is InChI=1S/C33H40ClN3O7S2/c1-32(2)25-12-8-9-13-27(25)37(20-11-21-45(39,40)41)29(32)14-6-5-7-15-30-33(3,4)26-22-24(46(42,43)44)16-17-28(26)36(30)19-10-18-35-31(38)23-34/h5-9,12-17,22H,10-11,18-21,23H2,1-4H3,(H2-,35,38,39,40,41,42,43,44)/p+1. The van der Waals surface area contributed by atoms with E-state index < -0.39 is 25.7 Å². The van der Waals surface area contributed by atoms with Gasteiger partial charge in [0.15, 0.2) is 5.71 Å². The number of anilines is 1. The molecular formula is C33H41ClN3O7S2+. The third-order valence-electron chi connectivity index (χ3n) is 8.48. The number of rotatable bonds is 13. The molecule has 248 valence electrons. The number of hydrogen-bond donors (Lipinski definition) is 3. The van der Waals surface area contributed by atoms with Crippen molar-refractivity contribution < 1.29 is 35.3 Å². The highest BCUT2D eigenvalue weighted by Gasteiger charge is 2.44. The van der Waals surface area contributed by atoms with Crippen LogP contribution in [0.25, 0.3) is 0 Å². The third-order valence-corrected chi connectivity index (χ3v) is 10.4. The first kappa shape index (κ1) is 35.6. The van der Waals surface area contributed by atoms with Crippen molar-refractivity contribution in [2.45, 2.75) is 56.3 Å². The topological polar surface area (TPSA) is 144 Å². The van der Waals surface area contributed by atoms with Crippen LogP contribution in [0.15, 0.2) is 83.4 Å². The molecule has 2 aliphatic rings. The predicted molar refractivity (Wildman–Crippen MR) is 182 cm³/mol. The summed E-state index contributed by atoms with van der Waals surface area (Å²) in [6.07, 6.45) is 10.6. The maximum absolute atomic E-state index is 11.9. The van der Waals surface area contributed by atoms with Gasteiger partial charge in [0.25, 0.3) is 20.2 Å². The number of nitrogens with one attached hydrogen (secondary N) is 1. The van der Waals surface area contributed by atoms with Gasteiger partial charge in [-0.3, -0.25) is 13.9 Å². The molecule has 2 aromatic carbocycles. The summed E-state index contributed by atoms with van der Waals surface area (Å²) in [6.45, 7) is 9.60. The van der Waals surface area contributed by atoms with E-state index in [9.17, 15) is 30.7 Å². The fraction of sp³-hybridized carbons (Fsp3) is 0.394. The molecule has 0 unspecified atom stereocenters. The number of benzene rings is 2.